The highest BCUT2D eigenvalue weighted by Gasteiger charge is 1.99. The Hall–Kier alpha value is -0.700. The smallest absolute Gasteiger partial charge is 0.125 e. The van der Waals surface area contributed by atoms with Crippen LogP contribution in [-0.2, 0) is 0 Å². The number of thioether (sulfide) groups is 1. The third kappa shape index (κ3) is 3.58. The lowest BCUT2D eigenvalue weighted by Gasteiger charge is -2.10. The zero-order valence-electron chi connectivity index (χ0n) is 9.08. The van der Waals surface area contributed by atoms with Crippen LogP contribution >= 0.6 is 11.8 Å². The molecule has 1 unspecified atom stereocenters. The fraction of sp³-hybridized carbons (Fsp3) is 0.545. The molecule has 0 bridgehead atoms. The zero-order valence-corrected chi connectivity index (χ0v) is 9.90. The van der Waals surface area contributed by atoms with Crippen LogP contribution in [0.2, 0.25) is 0 Å². The monoisotopic (exact) mass is 210 g/mol. The van der Waals surface area contributed by atoms with Gasteiger partial charge in [0.15, 0.2) is 0 Å². The molecule has 0 amide bonds. The predicted molar refractivity (Wildman–Crippen MR) is 64.0 cm³/mol. The van der Waals surface area contributed by atoms with E-state index in [1.54, 1.807) is 11.8 Å². The van der Waals surface area contributed by atoms with Crippen LogP contribution in [0.5, 0.6) is 0 Å². The summed E-state index contributed by atoms with van der Waals surface area (Å²) < 4.78 is 0. The van der Waals surface area contributed by atoms with Gasteiger partial charge in [0.05, 0.1) is 0 Å². The molecule has 1 aromatic rings. The van der Waals surface area contributed by atoms with Gasteiger partial charge < -0.3 is 5.32 Å². The van der Waals surface area contributed by atoms with Gasteiger partial charge in [-0.25, -0.2) is 4.98 Å². The Morgan fingerprint density at radius 3 is 2.79 bits per heavy atom. The molecule has 0 saturated carbocycles. The first-order valence-corrected chi connectivity index (χ1v) is 6.22. The third-order valence-corrected chi connectivity index (χ3v) is 3.01. The van der Waals surface area contributed by atoms with Crippen molar-refractivity contribution in [3.05, 3.63) is 18.3 Å². The minimum atomic E-state index is 0.706. The lowest BCUT2D eigenvalue weighted by molar-refractivity contribution is 0.592. The molecule has 0 aliphatic carbocycles. The van der Waals surface area contributed by atoms with Crippen LogP contribution in [0.25, 0.3) is 0 Å². The lowest BCUT2D eigenvalue weighted by atomic mass is 10.1. The number of pyridine rings is 1. The van der Waals surface area contributed by atoms with Gasteiger partial charge in [0.2, 0.25) is 0 Å². The second-order valence-electron chi connectivity index (χ2n) is 3.48. The molecule has 1 heterocycles. The van der Waals surface area contributed by atoms with Gasteiger partial charge in [-0.1, -0.05) is 20.3 Å². The number of anilines is 1. The summed E-state index contributed by atoms with van der Waals surface area (Å²) in [4.78, 5) is 5.53. The average molecular weight is 210 g/mol. The summed E-state index contributed by atoms with van der Waals surface area (Å²) in [7, 11) is 0. The fourth-order valence-corrected chi connectivity index (χ4v) is 1.39. The Kier molecular flexibility index (Phi) is 4.80. The first-order chi connectivity index (χ1) is 6.76. The van der Waals surface area contributed by atoms with Crippen LogP contribution in [0, 0.1) is 5.92 Å². The van der Waals surface area contributed by atoms with E-state index in [1.165, 1.54) is 11.3 Å². The van der Waals surface area contributed by atoms with Gasteiger partial charge in [-0.2, -0.15) is 0 Å². The van der Waals surface area contributed by atoms with E-state index in [4.69, 9.17) is 0 Å². The van der Waals surface area contributed by atoms with Gasteiger partial charge in [-0.15, -0.1) is 11.8 Å². The minimum absolute atomic E-state index is 0.706. The van der Waals surface area contributed by atoms with Crippen molar-refractivity contribution in [1.82, 2.24) is 4.98 Å². The molecule has 14 heavy (non-hydrogen) atoms. The normalized spacial score (nSPS) is 12.5. The molecule has 0 fully saturated rings. The molecule has 0 saturated heterocycles. The number of nitrogens with zero attached hydrogens (tertiary/aromatic N) is 1. The summed E-state index contributed by atoms with van der Waals surface area (Å²) in [5, 5.41) is 3.33. The van der Waals surface area contributed by atoms with Crippen LogP contribution in [0.4, 0.5) is 5.82 Å². The second-order valence-corrected chi connectivity index (χ2v) is 4.36. The third-order valence-electron chi connectivity index (χ3n) is 2.30. The molecule has 2 nitrogen and oxygen atoms in total. The number of hydrogen-bond acceptors (Lipinski definition) is 3. The van der Waals surface area contributed by atoms with E-state index in [-0.39, 0.29) is 0 Å². The van der Waals surface area contributed by atoms with Gasteiger partial charge in [-0.3, -0.25) is 0 Å². The average Bonchev–Trinajstić information content (AvgIpc) is 2.26. The summed E-state index contributed by atoms with van der Waals surface area (Å²) in [6.07, 6.45) is 5.17. The van der Waals surface area contributed by atoms with Crippen molar-refractivity contribution < 1.29 is 0 Å². The van der Waals surface area contributed by atoms with E-state index < -0.39 is 0 Å². The van der Waals surface area contributed by atoms with Crippen molar-refractivity contribution in [1.29, 1.82) is 0 Å². The molecule has 78 valence electrons. The molecule has 0 radical (unpaired) electrons. The highest BCUT2D eigenvalue weighted by atomic mass is 32.2. The summed E-state index contributed by atoms with van der Waals surface area (Å²) >= 11 is 1.72. The second kappa shape index (κ2) is 5.91. The predicted octanol–water partition coefficient (Wildman–Crippen LogP) is 3.26. The minimum Gasteiger partial charge on any atom is -0.370 e. The lowest BCUT2D eigenvalue weighted by Crippen LogP contribution is -2.10. The number of nitrogens with one attached hydrogen (secondary N) is 1. The SMILES string of the molecule is CCC(C)CNc1ccc(SC)cn1. The molecule has 0 aliphatic heterocycles. The molecular weight excluding hydrogens is 192 g/mol. The van der Waals surface area contributed by atoms with Gasteiger partial charge >= 0.3 is 0 Å². The van der Waals surface area contributed by atoms with E-state index in [0.717, 1.165) is 12.4 Å². The standard InChI is InChI=1S/C11H18N2S/c1-4-9(2)7-12-11-6-5-10(14-3)8-13-11/h5-6,8-9H,4,7H2,1-3H3,(H,12,13). The van der Waals surface area contributed by atoms with Crippen molar-refractivity contribution in [2.75, 3.05) is 18.1 Å². The highest BCUT2D eigenvalue weighted by molar-refractivity contribution is 7.98. The summed E-state index contributed by atoms with van der Waals surface area (Å²) in [6.45, 7) is 5.45. The molecule has 0 aromatic carbocycles. The quantitative estimate of drug-likeness (QED) is 0.755. The fourth-order valence-electron chi connectivity index (χ4n) is 1.03. The number of rotatable bonds is 5. The van der Waals surface area contributed by atoms with Crippen molar-refractivity contribution >= 4 is 17.6 Å². The van der Waals surface area contributed by atoms with Gasteiger partial charge in [0.25, 0.3) is 0 Å². The first kappa shape index (κ1) is 11.4. The van der Waals surface area contributed by atoms with Crippen LogP contribution < -0.4 is 5.32 Å². The molecule has 1 N–H and O–H groups in total. The molecular formula is C11H18N2S. The molecule has 3 heteroatoms. The van der Waals surface area contributed by atoms with Crippen molar-refractivity contribution in [2.24, 2.45) is 5.92 Å². The summed E-state index contributed by atoms with van der Waals surface area (Å²) in [5.41, 5.74) is 0. The van der Waals surface area contributed by atoms with Crippen LogP contribution in [0.3, 0.4) is 0 Å². The van der Waals surface area contributed by atoms with E-state index >= 15 is 0 Å². The van der Waals surface area contributed by atoms with Crippen molar-refractivity contribution in [3.63, 3.8) is 0 Å². The first-order valence-electron chi connectivity index (χ1n) is 5.00. The molecule has 1 atom stereocenters. The summed E-state index contributed by atoms with van der Waals surface area (Å²) in [6, 6.07) is 4.13. The van der Waals surface area contributed by atoms with Crippen LogP contribution in [0.1, 0.15) is 20.3 Å². The van der Waals surface area contributed by atoms with Crippen LogP contribution in [-0.4, -0.2) is 17.8 Å². The molecule has 1 rings (SSSR count). The number of hydrogen-bond donors (Lipinski definition) is 1. The Balaban J connectivity index is 2.43. The topological polar surface area (TPSA) is 24.9 Å². The Morgan fingerprint density at radius 2 is 2.29 bits per heavy atom. The van der Waals surface area contributed by atoms with Crippen LogP contribution in [0.15, 0.2) is 23.2 Å². The van der Waals surface area contributed by atoms with E-state index in [9.17, 15) is 0 Å². The summed E-state index contributed by atoms with van der Waals surface area (Å²) in [5.74, 6) is 1.68. The van der Waals surface area contributed by atoms with Crippen molar-refractivity contribution in [3.8, 4) is 0 Å². The Bertz CT molecular complexity index is 258. The number of aromatic nitrogens is 1. The maximum atomic E-state index is 4.32. The van der Waals surface area contributed by atoms with Crippen molar-refractivity contribution in [2.45, 2.75) is 25.2 Å². The van der Waals surface area contributed by atoms with E-state index in [1.807, 2.05) is 12.3 Å². The van der Waals surface area contributed by atoms with Gasteiger partial charge in [0, 0.05) is 17.6 Å². The Morgan fingerprint density at radius 1 is 1.50 bits per heavy atom. The molecule has 0 aliphatic rings. The van der Waals surface area contributed by atoms with E-state index in [2.05, 4.69) is 36.5 Å². The largest absolute Gasteiger partial charge is 0.370 e. The molecule has 0 spiro atoms. The Labute approximate surface area is 90.5 Å². The molecule has 1 aromatic heterocycles. The zero-order chi connectivity index (χ0) is 10.4. The highest BCUT2D eigenvalue weighted by Crippen LogP contribution is 2.14. The maximum absolute atomic E-state index is 4.32. The van der Waals surface area contributed by atoms with E-state index in [0.29, 0.717) is 5.92 Å². The van der Waals surface area contributed by atoms with Gasteiger partial charge in [0.1, 0.15) is 5.82 Å². The van der Waals surface area contributed by atoms with Gasteiger partial charge in [-0.05, 0) is 24.3 Å². The maximum Gasteiger partial charge on any atom is 0.125 e.